The van der Waals surface area contributed by atoms with E-state index in [1.54, 1.807) is 0 Å². The van der Waals surface area contributed by atoms with Crippen LogP contribution in [0.25, 0.3) is 10.9 Å². The minimum atomic E-state index is 0.643. The topological polar surface area (TPSA) is 27.8 Å². The molecule has 20 heavy (non-hydrogen) atoms. The van der Waals surface area contributed by atoms with Gasteiger partial charge in [0.05, 0.1) is 5.03 Å². The first-order valence-electron chi connectivity index (χ1n) is 7.73. The maximum atomic E-state index is 3.61. The molecule has 0 aliphatic heterocycles. The highest BCUT2D eigenvalue weighted by molar-refractivity contribution is 7.99. The fraction of sp³-hybridized carbons (Fsp3) is 0.529. The summed E-state index contributed by atoms with van der Waals surface area (Å²) in [4.78, 5) is 3.46. The molecular formula is C17H26N2S. The van der Waals surface area contributed by atoms with Crippen LogP contribution in [0, 0.1) is 0 Å². The molecule has 0 amide bonds. The molecule has 0 radical (unpaired) electrons. The number of benzene rings is 1. The Bertz CT molecular complexity index is 473. The van der Waals surface area contributed by atoms with Gasteiger partial charge in [-0.2, -0.15) is 0 Å². The van der Waals surface area contributed by atoms with E-state index in [2.05, 4.69) is 54.5 Å². The molecule has 0 bridgehead atoms. The molecule has 110 valence electrons. The van der Waals surface area contributed by atoms with Crippen molar-refractivity contribution in [3.8, 4) is 0 Å². The van der Waals surface area contributed by atoms with Crippen molar-refractivity contribution in [1.82, 2.24) is 10.3 Å². The highest BCUT2D eigenvalue weighted by Gasteiger charge is 2.02. The van der Waals surface area contributed by atoms with E-state index < -0.39 is 0 Å². The van der Waals surface area contributed by atoms with Gasteiger partial charge in [-0.25, -0.2) is 0 Å². The Labute approximate surface area is 126 Å². The summed E-state index contributed by atoms with van der Waals surface area (Å²) in [6.45, 7) is 5.63. The lowest BCUT2D eigenvalue weighted by Gasteiger charge is -2.12. The van der Waals surface area contributed by atoms with Crippen molar-refractivity contribution in [2.45, 2.75) is 50.6 Å². The van der Waals surface area contributed by atoms with Crippen molar-refractivity contribution in [3.05, 3.63) is 30.3 Å². The Morgan fingerprint density at radius 3 is 2.90 bits per heavy atom. The van der Waals surface area contributed by atoms with E-state index in [0.29, 0.717) is 6.04 Å². The highest BCUT2D eigenvalue weighted by atomic mass is 32.2. The van der Waals surface area contributed by atoms with E-state index in [1.807, 2.05) is 11.8 Å². The minimum Gasteiger partial charge on any atom is -0.350 e. The number of H-pyrrole nitrogens is 1. The molecular weight excluding hydrogens is 264 g/mol. The average molecular weight is 290 g/mol. The second-order valence-corrected chi connectivity index (χ2v) is 6.56. The molecule has 1 aromatic heterocycles. The number of rotatable bonds is 9. The molecule has 0 fully saturated rings. The number of hydrogen-bond acceptors (Lipinski definition) is 2. The Hall–Kier alpha value is -0.930. The lowest BCUT2D eigenvalue weighted by atomic mass is 10.1. The Kier molecular flexibility index (Phi) is 6.48. The number of fused-ring (bicyclic) bond motifs is 1. The molecule has 1 heterocycles. The molecule has 2 aromatic rings. The van der Waals surface area contributed by atoms with Crippen LogP contribution in [-0.2, 0) is 0 Å². The first kappa shape index (κ1) is 15.5. The minimum absolute atomic E-state index is 0.643. The van der Waals surface area contributed by atoms with Crippen molar-refractivity contribution in [2.24, 2.45) is 0 Å². The van der Waals surface area contributed by atoms with Gasteiger partial charge in [0.2, 0.25) is 0 Å². The number of aromatic amines is 1. The predicted octanol–water partition coefficient (Wildman–Crippen LogP) is 4.82. The Morgan fingerprint density at radius 1 is 1.25 bits per heavy atom. The van der Waals surface area contributed by atoms with Gasteiger partial charge < -0.3 is 10.3 Å². The number of para-hydroxylation sites is 1. The van der Waals surface area contributed by atoms with Gasteiger partial charge in [0.1, 0.15) is 0 Å². The zero-order valence-electron chi connectivity index (χ0n) is 12.6. The van der Waals surface area contributed by atoms with Crippen molar-refractivity contribution in [2.75, 3.05) is 12.3 Å². The van der Waals surface area contributed by atoms with E-state index in [1.165, 1.54) is 41.6 Å². The van der Waals surface area contributed by atoms with Gasteiger partial charge in [0, 0.05) is 29.2 Å². The van der Waals surface area contributed by atoms with Crippen LogP contribution in [0.1, 0.15) is 39.5 Å². The number of aromatic nitrogens is 1. The largest absolute Gasteiger partial charge is 0.350 e. The third-order valence-electron chi connectivity index (χ3n) is 3.60. The quantitative estimate of drug-likeness (QED) is 0.512. The SMILES string of the molecule is CCCCCC(C)NCCSc1cc2ccccc2[nH]1. The van der Waals surface area contributed by atoms with Gasteiger partial charge in [-0.1, -0.05) is 44.4 Å². The maximum absolute atomic E-state index is 3.61. The van der Waals surface area contributed by atoms with E-state index in [4.69, 9.17) is 0 Å². The summed E-state index contributed by atoms with van der Waals surface area (Å²) in [6.07, 6.45) is 5.31. The predicted molar refractivity (Wildman–Crippen MR) is 90.6 cm³/mol. The summed E-state index contributed by atoms with van der Waals surface area (Å²) in [5.41, 5.74) is 1.23. The van der Waals surface area contributed by atoms with Crippen molar-refractivity contribution >= 4 is 22.7 Å². The van der Waals surface area contributed by atoms with Crippen LogP contribution in [0.15, 0.2) is 35.4 Å². The number of thioether (sulfide) groups is 1. The summed E-state index contributed by atoms with van der Waals surface area (Å²) in [5.74, 6) is 1.12. The van der Waals surface area contributed by atoms with Crippen molar-refractivity contribution in [3.63, 3.8) is 0 Å². The van der Waals surface area contributed by atoms with Crippen LogP contribution in [0.3, 0.4) is 0 Å². The summed E-state index contributed by atoms with van der Waals surface area (Å²) < 4.78 is 0. The van der Waals surface area contributed by atoms with Crippen LogP contribution in [0.4, 0.5) is 0 Å². The van der Waals surface area contributed by atoms with Crippen LogP contribution < -0.4 is 5.32 Å². The van der Waals surface area contributed by atoms with Crippen LogP contribution in [0.5, 0.6) is 0 Å². The summed E-state index contributed by atoms with van der Waals surface area (Å²) in [7, 11) is 0. The molecule has 2 rings (SSSR count). The molecule has 0 saturated carbocycles. The molecule has 3 heteroatoms. The van der Waals surface area contributed by atoms with Crippen molar-refractivity contribution in [1.29, 1.82) is 0 Å². The van der Waals surface area contributed by atoms with Crippen LogP contribution in [0.2, 0.25) is 0 Å². The van der Waals surface area contributed by atoms with E-state index in [-0.39, 0.29) is 0 Å². The van der Waals surface area contributed by atoms with Gasteiger partial charge >= 0.3 is 0 Å². The molecule has 2 nitrogen and oxygen atoms in total. The Balaban J connectivity index is 1.65. The maximum Gasteiger partial charge on any atom is 0.0732 e. The van der Waals surface area contributed by atoms with Crippen LogP contribution >= 0.6 is 11.8 Å². The number of nitrogens with one attached hydrogen (secondary N) is 2. The second kappa shape index (κ2) is 8.38. The molecule has 0 aliphatic carbocycles. The summed E-state index contributed by atoms with van der Waals surface area (Å²) in [6, 6.07) is 11.3. The van der Waals surface area contributed by atoms with Crippen LogP contribution in [-0.4, -0.2) is 23.3 Å². The number of hydrogen-bond donors (Lipinski definition) is 2. The Morgan fingerprint density at radius 2 is 2.10 bits per heavy atom. The summed E-state index contributed by atoms with van der Waals surface area (Å²) in [5, 5.41) is 6.18. The van der Waals surface area contributed by atoms with Gasteiger partial charge in [-0.3, -0.25) is 0 Å². The van der Waals surface area contributed by atoms with E-state index in [9.17, 15) is 0 Å². The van der Waals surface area contributed by atoms with Gasteiger partial charge in [0.15, 0.2) is 0 Å². The van der Waals surface area contributed by atoms with Gasteiger partial charge in [-0.15, -0.1) is 11.8 Å². The highest BCUT2D eigenvalue weighted by Crippen LogP contribution is 2.22. The second-order valence-electron chi connectivity index (χ2n) is 5.42. The fourth-order valence-corrected chi connectivity index (χ4v) is 3.23. The molecule has 1 unspecified atom stereocenters. The zero-order valence-corrected chi connectivity index (χ0v) is 13.4. The molecule has 0 spiro atoms. The first-order chi connectivity index (χ1) is 9.79. The van der Waals surface area contributed by atoms with Gasteiger partial charge in [0.25, 0.3) is 0 Å². The normalized spacial score (nSPS) is 12.9. The number of unbranched alkanes of at least 4 members (excludes halogenated alkanes) is 2. The molecule has 0 saturated heterocycles. The van der Waals surface area contributed by atoms with E-state index >= 15 is 0 Å². The smallest absolute Gasteiger partial charge is 0.0732 e. The third-order valence-corrected chi connectivity index (χ3v) is 4.54. The molecule has 0 aliphatic rings. The monoisotopic (exact) mass is 290 g/mol. The first-order valence-corrected chi connectivity index (χ1v) is 8.72. The van der Waals surface area contributed by atoms with Gasteiger partial charge in [-0.05, 0) is 25.5 Å². The molecule has 1 atom stereocenters. The molecule has 1 aromatic carbocycles. The average Bonchev–Trinajstić information content (AvgIpc) is 2.86. The summed E-state index contributed by atoms with van der Waals surface area (Å²) >= 11 is 1.90. The fourth-order valence-electron chi connectivity index (χ4n) is 2.39. The standard InChI is InChI=1S/C17H26N2S/c1-3-4-5-8-14(2)18-11-12-20-17-13-15-9-6-7-10-16(15)19-17/h6-7,9-10,13-14,18-19H,3-5,8,11-12H2,1-2H3. The lowest BCUT2D eigenvalue weighted by Crippen LogP contribution is -2.28. The third kappa shape index (κ3) is 4.88. The van der Waals surface area contributed by atoms with Crippen molar-refractivity contribution < 1.29 is 0 Å². The lowest BCUT2D eigenvalue weighted by molar-refractivity contribution is 0.502. The zero-order chi connectivity index (χ0) is 14.2. The van der Waals surface area contributed by atoms with E-state index in [0.717, 1.165) is 12.3 Å². The molecule has 2 N–H and O–H groups in total.